The van der Waals surface area contributed by atoms with Gasteiger partial charge < -0.3 is 9.84 Å². The molecule has 0 aliphatic rings. The van der Waals surface area contributed by atoms with E-state index in [4.69, 9.17) is 9.84 Å². The molecule has 0 aliphatic carbocycles. The van der Waals surface area contributed by atoms with Crippen LogP contribution < -0.4 is 9.46 Å². The summed E-state index contributed by atoms with van der Waals surface area (Å²) in [5, 5.41) is 12.8. The molecule has 9 heteroatoms. The number of aliphatic carboxylic acids is 1. The van der Waals surface area contributed by atoms with Crippen LogP contribution in [0.3, 0.4) is 0 Å². The van der Waals surface area contributed by atoms with Gasteiger partial charge in [-0.2, -0.15) is 5.10 Å². The summed E-state index contributed by atoms with van der Waals surface area (Å²) in [5.74, 6) is -0.780. The van der Waals surface area contributed by atoms with Gasteiger partial charge in [-0.1, -0.05) is 12.1 Å². The summed E-state index contributed by atoms with van der Waals surface area (Å²) in [4.78, 5) is 10.7. The number of nitrogens with one attached hydrogen (secondary N) is 1. The number of anilines is 1. The van der Waals surface area contributed by atoms with Crippen LogP contribution in [0.1, 0.15) is 11.1 Å². The summed E-state index contributed by atoms with van der Waals surface area (Å²) in [6.45, 7) is 1.76. The van der Waals surface area contributed by atoms with Gasteiger partial charge in [0.05, 0.1) is 11.4 Å². The summed E-state index contributed by atoms with van der Waals surface area (Å²) >= 11 is 0. The van der Waals surface area contributed by atoms with Crippen LogP contribution in [0.5, 0.6) is 5.75 Å². The number of hydrogen-bond donors (Lipinski definition) is 2. The number of nitrogens with zero attached hydrogens (tertiary/aromatic N) is 2. The van der Waals surface area contributed by atoms with E-state index in [0.717, 1.165) is 5.56 Å². The van der Waals surface area contributed by atoms with Crippen LogP contribution in [0.4, 0.5) is 5.69 Å². The molecule has 0 fully saturated rings. The first-order valence-electron chi connectivity index (χ1n) is 8.38. The molecular weight excluding hydrogens is 382 g/mol. The average Bonchev–Trinajstić information content (AvgIpc) is 3.15. The number of ether oxygens (including phenoxy) is 1. The molecule has 0 atom stereocenters. The Bertz CT molecular complexity index is 1060. The van der Waals surface area contributed by atoms with Gasteiger partial charge >= 0.3 is 5.97 Å². The van der Waals surface area contributed by atoms with Crippen molar-refractivity contribution in [1.29, 1.82) is 0 Å². The predicted molar refractivity (Wildman–Crippen MR) is 103 cm³/mol. The second-order valence-electron chi connectivity index (χ2n) is 6.12. The fourth-order valence-corrected chi connectivity index (χ4v) is 3.71. The molecule has 28 heavy (non-hydrogen) atoms. The highest BCUT2D eigenvalue weighted by molar-refractivity contribution is 7.92. The van der Waals surface area contributed by atoms with Crippen LogP contribution in [-0.2, 0) is 21.4 Å². The number of carboxylic acid groups (broad SMARTS) is 1. The van der Waals surface area contributed by atoms with Crippen LogP contribution in [0, 0.1) is 6.92 Å². The normalized spacial score (nSPS) is 11.2. The summed E-state index contributed by atoms with van der Waals surface area (Å²) in [6, 6.07) is 13.1. The van der Waals surface area contributed by atoms with Crippen LogP contribution in [-0.4, -0.2) is 35.9 Å². The highest BCUT2D eigenvalue weighted by Gasteiger charge is 2.16. The Morgan fingerprint density at radius 1 is 1.21 bits per heavy atom. The van der Waals surface area contributed by atoms with Gasteiger partial charge in [-0.15, -0.1) is 0 Å². The lowest BCUT2D eigenvalue weighted by atomic mass is 10.2. The molecule has 146 valence electrons. The Kier molecular flexibility index (Phi) is 5.65. The number of hydrogen-bond acceptors (Lipinski definition) is 5. The van der Waals surface area contributed by atoms with Crippen molar-refractivity contribution < 1.29 is 23.1 Å². The standard InChI is InChI=1S/C19H19N3O5S/c1-14-11-17(7-8-18(14)27-13-19(23)24)28(25,26)21-16-5-3-15(4-6-16)12-22-10-2-9-20-22/h2-11,21H,12-13H2,1H3,(H,23,24). The van der Waals surface area contributed by atoms with Gasteiger partial charge in [-0.05, 0) is 54.4 Å². The Balaban J connectivity index is 1.70. The molecule has 0 radical (unpaired) electrons. The van der Waals surface area contributed by atoms with Crippen LogP contribution in [0.15, 0.2) is 65.8 Å². The zero-order valence-electron chi connectivity index (χ0n) is 15.1. The van der Waals surface area contributed by atoms with Crippen molar-refractivity contribution in [3.63, 3.8) is 0 Å². The maximum atomic E-state index is 12.6. The Hall–Kier alpha value is -3.33. The summed E-state index contributed by atoms with van der Waals surface area (Å²) in [7, 11) is -3.79. The first-order valence-corrected chi connectivity index (χ1v) is 9.86. The zero-order valence-corrected chi connectivity index (χ0v) is 15.9. The van der Waals surface area contributed by atoms with Gasteiger partial charge in [-0.25, -0.2) is 13.2 Å². The molecule has 0 saturated heterocycles. The van der Waals surface area contributed by atoms with Crippen molar-refractivity contribution in [1.82, 2.24) is 9.78 Å². The van der Waals surface area contributed by atoms with Crippen molar-refractivity contribution in [2.45, 2.75) is 18.4 Å². The first-order chi connectivity index (χ1) is 13.3. The van der Waals surface area contributed by atoms with Gasteiger partial charge in [-0.3, -0.25) is 9.40 Å². The van der Waals surface area contributed by atoms with E-state index in [-0.39, 0.29) is 4.90 Å². The van der Waals surface area contributed by atoms with E-state index in [0.29, 0.717) is 23.5 Å². The van der Waals surface area contributed by atoms with E-state index in [1.807, 2.05) is 24.4 Å². The molecule has 0 amide bonds. The molecule has 0 spiro atoms. The highest BCUT2D eigenvalue weighted by Crippen LogP contribution is 2.23. The van der Waals surface area contributed by atoms with E-state index < -0.39 is 22.6 Å². The third-order valence-corrected chi connectivity index (χ3v) is 5.30. The molecule has 0 unspecified atom stereocenters. The van der Waals surface area contributed by atoms with Crippen LogP contribution in [0.2, 0.25) is 0 Å². The number of benzene rings is 2. The second-order valence-corrected chi connectivity index (χ2v) is 7.80. The number of sulfonamides is 1. The second kappa shape index (κ2) is 8.13. The lowest BCUT2D eigenvalue weighted by Gasteiger charge is -2.12. The highest BCUT2D eigenvalue weighted by atomic mass is 32.2. The molecule has 0 aliphatic heterocycles. The first kappa shape index (κ1) is 19.4. The Morgan fingerprint density at radius 3 is 2.57 bits per heavy atom. The monoisotopic (exact) mass is 401 g/mol. The fraction of sp³-hybridized carbons (Fsp3) is 0.158. The number of aryl methyl sites for hydroxylation is 1. The van der Waals surface area contributed by atoms with Gasteiger partial charge in [0.15, 0.2) is 6.61 Å². The molecule has 0 saturated carbocycles. The Labute approximate surface area is 162 Å². The van der Waals surface area contributed by atoms with Gasteiger partial charge in [0.2, 0.25) is 0 Å². The predicted octanol–water partition coefficient (Wildman–Crippen LogP) is 2.50. The third kappa shape index (κ3) is 4.89. The number of aromatic nitrogens is 2. The largest absolute Gasteiger partial charge is 0.482 e. The molecule has 1 aromatic heterocycles. The minimum absolute atomic E-state index is 0.0632. The van der Waals surface area contributed by atoms with Crippen molar-refractivity contribution >= 4 is 21.7 Å². The average molecular weight is 401 g/mol. The van der Waals surface area contributed by atoms with Gasteiger partial charge in [0, 0.05) is 18.1 Å². The fourth-order valence-electron chi connectivity index (χ4n) is 2.56. The van der Waals surface area contributed by atoms with E-state index >= 15 is 0 Å². The lowest BCUT2D eigenvalue weighted by Crippen LogP contribution is -2.14. The van der Waals surface area contributed by atoms with E-state index in [9.17, 15) is 13.2 Å². The maximum Gasteiger partial charge on any atom is 0.341 e. The summed E-state index contributed by atoms with van der Waals surface area (Å²) in [6.07, 6.45) is 3.55. The minimum Gasteiger partial charge on any atom is -0.482 e. The SMILES string of the molecule is Cc1cc(S(=O)(=O)Nc2ccc(Cn3cccn3)cc2)ccc1OCC(=O)O. The summed E-state index contributed by atoms with van der Waals surface area (Å²) < 4.78 is 34.6. The van der Waals surface area contributed by atoms with E-state index in [1.165, 1.54) is 18.2 Å². The number of rotatable bonds is 8. The van der Waals surface area contributed by atoms with E-state index in [1.54, 1.807) is 29.9 Å². The summed E-state index contributed by atoms with van der Waals surface area (Å²) in [5.41, 5.74) is 1.95. The van der Waals surface area contributed by atoms with Gasteiger partial charge in [0.1, 0.15) is 5.75 Å². The molecule has 3 rings (SSSR count). The molecule has 2 aromatic carbocycles. The zero-order chi connectivity index (χ0) is 20.1. The van der Waals surface area contributed by atoms with Crippen molar-refractivity contribution in [3.8, 4) is 5.75 Å². The van der Waals surface area contributed by atoms with Gasteiger partial charge in [0.25, 0.3) is 10.0 Å². The molecule has 8 nitrogen and oxygen atoms in total. The quantitative estimate of drug-likeness (QED) is 0.600. The van der Waals surface area contributed by atoms with Crippen LogP contribution in [0.25, 0.3) is 0 Å². The lowest BCUT2D eigenvalue weighted by molar-refractivity contribution is -0.139. The van der Waals surface area contributed by atoms with E-state index in [2.05, 4.69) is 9.82 Å². The minimum atomic E-state index is -3.79. The molecule has 0 bridgehead atoms. The number of carbonyl (C=O) groups is 1. The smallest absolute Gasteiger partial charge is 0.341 e. The topological polar surface area (TPSA) is 111 Å². The maximum absolute atomic E-state index is 12.6. The van der Waals surface area contributed by atoms with Crippen molar-refractivity contribution in [2.75, 3.05) is 11.3 Å². The molecule has 3 aromatic rings. The molecule has 1 heterocycles. The van der Waals surface area contributed by atoms with Crippen LogP contribution >= 0.6 is 0 Å². The Morgan fingerprint density at radius 2 is 1.96 bits per heavy atom. The molecular formula is C19H19N3O5S. The van der Waals surface area contributed by atoms with Crippen molar-refractivity contribution in [3.05, 3.63) is 72.1 Å². The molecule has 2 N–H and O–H groups in total. The number of carboxylic acids is 1. The third-order valence-electron chi connectivity index (χ3n) is 3.92. The van der Waals surface area contributed by atoms with Crippen molar-refractivity contribution in [2.24, 2.45) is 0 Å².